The molecular formula is C10H20NO3+. The number of aliphatic hydroxyl groups is 1. The quantitative estimate of drug-likeness (QED) is 0.313. The molecule has 0 aliphatic heterocycles. The summed E-state index contributed by atoms with van der Waals surface area (Å²) in [6.07, 6.45) is 1.71. The van der Waals surface area contributed by atoms with Gasteiger partial charge in [0, 0.05) is 6.08 Å². The molecule has 4 nitrogen and oxygen atoms in total. The number of ether oxygens (including phenoxy) is 1. The molecule has 0 aromatic rings. The second kappa shape index (κ2) is 5.12. The number of carbonyl (C=O) groups is 1. The molecule has 2 unspecified atom stereocenters. The second-order valence-electron chi connectivity index (χ2n) is 4.18. The van der Waals surface area contributed by atoms with Crippen LogP contribution in [0.3, 0.4) is 0 Å². The predicted octanol–water partition coefficient (Wildman–Crippen LogP) is 0.519. The third kappa shape index (κ3) is 4.39. The Morgan fingerprint density at radius 2 is 1.93 bits per heavy atom. The van der Waals surface area contributed by atoms with Gasteiger partial charge in [0.1, 0.15) is 6.10 Å². The van der Waals surface area contributed by atoms with Crippen LogP contribution in [0.1, 0.15) is 13.8 Å². The molecule has 0 aromatic heterocycles. The Morgan fingerprint density at radius 1 is 1.43 bits per heavy atom. The van der Waals surface area contributed by atoms with Gasteiger partial charge in [-0.3, -0.25) is 4.48 Å². The maximum absolute atomic E-state index is 11.2. The first-order chi connectivity index (χ1) is 6.29. The zero-order chi connectivity index (χ0) is 11.4. The average molecular weight is 202 g/mol. The van der Waals surface area contributed by atoms with Crippen LogP contribution in [0.2, 0.25) is 0 Å². The molecule has 0 radical (unpaired) electrons. The minimum Gasteiger partial charge on any atom is -0.406 e. The van der Waals surface area contributed by atoms with E-state index in [-0.39, 0.29) is 0 Å². The van der Waals surface area contributed by atoms with Crippen LogP contribution in [0.5, 0.6) is 0 Å². The van der Waals surface area contributed by atoms with E-state index >= 15 is 0 Å². The summed E-state index contributed by atoms with van der Waals surface area (Å²) in [6.45, 7) is 3.35. The molecule has 0 aromatic carbocycles. The summed E-state index contributed by atoms with van der Waals surface area (Å²) >= 11 is 0. The van der Waals surface area contributed by atoms with Crippen LogP contribution < -0.4 is 0 Å². The van der Waals surface area contributed by atoms with Crippen molar-refractivity contribution < 1.29 is 19.1 Å². The van der Waals surface area contributed by atoms with Gasteiger partial charge in [-0.15, -0.1) is 0 Å². The number of allylic oxidation sites excluding steroid dienone is 1. The number of esters is 1. The molecule has 14 heavy (non-hydrogen) atoms. The number of carbonyl (C=O) groups excluding carboxylic acids is 1. The Labute approximate surface area is 85.4 Å². The molecule has 0 bridgehead atoms. The zero-order valence-electron chi connectivity index (χ0n) is 9.52. The number of quaternary nitrogens is 1. The zero-order valence-corrected chi connectivity index (χ0v) is 9.52. The fourth-order valence-corrected chi connectivity index (χ4v) is 1.20. The van der Waals surface area contributed by atoms with Crippen molar-refractivity contribution in [3.63, 3.8) is 0 Å². The van der Waals surface area contributed by atoms with Crippen molar-refractivity contribution in [2.75, 3.05) is 21.1 Å². The first-order valence-corrected chi connectivity index (χ1v) is 4.61. The normalized spacial score (nSPS) is 16.7. The largest absolute Gasteiger partial charge is 0.406 e. The van der Waals surface area contributed by atoms with Crippen LogP contribution in [0.15, 0.2) is 12.2 Å². The van der Waals surface area contributed by atoms with Gasteiger partial charge in [-0.2, -0.15) is 0 Å². The van der Waals surface area contributed by atoms with Crippen LogP contribution >= 0.6 is 0 Å². The number of hydrogen-bond acceptors (Lipinski definition) is 3. The van der Waals surface area contributed by atoms with Crippen molar-refractivity contribution in [2.45, 2.75) is 26.2 Å². The molecule has 0 fully saturated rings. The Hall–Kier alpha value is -0.870. The third-order valence-corrected chi connectivity index (χ3v) is 1.72. The Morgan fingerprint density at radius 3 is 2.21 bits per heavy atom. The van der Waals surface area contributed by atoms with E-state index in [0.29, 0.717) is 4.48 Å². The summed E-state index contributed by atoms with van der Waals surface area (Å²) in [6, 6.07) is 0. The van der Waals surface area contributed by atoms with Gasteiger partial charge in [-0.05, 0) is 13.8 Å². The molecule has 0 aliphatic rings. The summed E-state index contributed by atoms with van der Waals surface area (Å²) in [4.78, 5) is 11.2. The van der Waals surface area contributed by atoms with E-state index in [2.05, 4.69) is 0 Å². The Balaban J connectivity index is 4.47. The number of likely N-dealkylation sites (N-methyl/N-ethyl adjacent to an activating group) is 1. The summed E-state index contributed by atoms with van der Waals surface area (Å²) in [5.41, 5.74) is 0. The van der Waals surface area contributed by atoms with Gasteiger partial charge in [0.2, 0.25) is 0 Å². The fraction of sp³-hybridized carbons (Fsp3) is 0.700. The molecule has 0 saturated carbocycles. The lowest BCUT2D eigenvalue weighted by molar-refractivity contribution is -0.920. The molecule has 0 aliphatic carbocycles. The van der Waals surface area contributed by atoms with E-state index in [0.717, 1.165) is 0 Å². The highest BCUT2D eigenvalue weighted by Crippen LogP contribution is 2.10. The minimum atomic E-state index is -0.691. The number of rotatable bonds is 4. The summed E-state index contributed by atoms with van der Waals surface area (Å²) < 4.78 is 5.49. The fourth-order valence-electron chi connectivity index (χ4n) is 1.20. The van der Waals surface area contributed by atoms with Crippen LogP contribution in [0.25, 0.3) is 0 Å². The lowest BCUT2D eigenvalue weighted by Crippen LogP contribution is -2.53. The minimum absolute atomic E-state index is 0.376. The molecule has 82 valence electrons. The van der Waals surface area contributed by atoms with E-state index in [1.165, 1.54) is 6.08 Å². The monoisotopic (exact) mass is 202 g/mol. The van der Waals surface area contributed by atoms with Crippen LogP contribution in [0, 0.1) is 0 Å². The van der Waals surface area contributed by atoms with E-state index in [1.54, 1.807) is 19.9 Å². The van der Waals surface area contributed by atoms with Crippen molar-refractivity contribution in [1.82, 2.24) is 0 Å². The van der Waals surface area contributed by atoms with Gasteiger partial charge in [0.25, 0.3) is 6.23 Å². The van der Waals surface area contributed by atoms with E-state index in [4.69, 9.17) is 4.74 Å². The predicted molar refractivity (Wildman–Crippen MR) is 54.4 cm³/mol. The van der Waals surface area contributed by atoms with E-state index in [1.807, 2.05) is 21.1 Å². The Kier molecular flexibility index (Phi) is 4.80. The van der Waals surface area contributed by atoms with Crippen LogP contribution in [-0.4, -0.2) is 49.0 Å². The third-order valence-electron chi connectivity index (χ3n) is 1.72. The van der Waals surface area contributed by atoms with Crippen molar-refractivity contribution in [2.24, 2.45) is 0 Å². The lowest BCUT2D eigenvalue weighted by Gasteiger charge is -2.34. The SMILES string of the molecule is CC=CC(=O)OC(C(C)O)[N+](C)(C)C. The van der Waals surface area contributed by atoms with Gasteiger partial charge in [-0.25, -0.2) is 4.79 Å². The van der Waals surface area contributed by atoms with Crippen LogP contribution in [-0.2, 0) is 9.53 Å². The van der Waals surface area contributed by atoms with Gasteiger partial charge < -0.3 is 9.84 Å². The van der Waals surface area contributed by atoms with Gasteiger partial charge in [-0.1, -0.05) is 6.08 Å². The topological polar surface area (TPSA) is 46.5 Å². The standard InChI is InChI=1S/C10H20NO3/c1-6-7-9(13)14-10(8(2)12)11(3,4)5/h6-8,10,12H,1-5H3/q+1. The molecule has 1 N–H and O–H groups in total. The molecule has 2 atom stereocenters. The molecule has 0 amide bonds. The van der Waals surface area contributed by atoms with Crippen LogP contribution in [0.4, 0.5) is 0 Å². The van der Waals surface area contributed by atoms with Crippen molar-refractivity contribution >= 4 is 5.97 Å². The van der Waals surface area contributed by atoms with E-state index < -0.39 is 18.3 Å². The van der Waals surface area contributed by atoms with Crippen molar-refractivity contribution in [3.8, 4) is 0 Å². The highest BCUT2D eigenvalue weighted by atomic mass is 16.6. The summed E-state index contributed by atoms with van der Waals surface area (Å²) in [5.74, 6) is -0.425. The van der Waals surface area contributed by atoms with Gasteiger partial charge in [0.05, 0.1) is 21.1 Å². The second-order valence-corrected chi connectivity index (χ2v) is 4.18. The summed E-state index contributed by atoms with van der Waals surface area (Å²) in [7, 11) is 5.58. The smallest absolute Gasteiger partial charge is 0.335 e. The molecule has 0 heterocycles. The van der Waals surface area contributed by atoms with Gasteiger partial charge in [0.15, 0.2) is 0 Å². The first-order valence-electron chi connectivity index (χ1n) is 4.61. The van der Waals surface area contributed by atoms with Crippen molar-refractivity contribution in [1.29, 1.82) is 0 Å². The molecular weight excluding hydrogens is 182 g/mol. The number of nitrogens with zero attached hydrogens (tertiary/aromatic N) is 1. The summed E-state index contributed by atoms with van der Waals surface area (Å²) in [5, 5.41) is 9.45. The average Bonchev–Trinajstić information content (AvgIpc) is 1.98. The first kappa shape index (κ1) is 13.1. The Bertz CT molecular complexity index is 216. The van der Waals surface area contributed by atoms with Crippen molar-refractivity contribution in [3.05, 3.63) is 12.2 Å². The lowest BCUT2D eigenvalue weighted by atomic mass is 10.3. The number of hydrogen-bond donors (Lipinski definition) is 1. The molecule has 0 saturated heterocycles. The van der Waals surface area contributed by atoms with Gasteiger partial charge >= 0.3 is 5.97 Å². The highest BCUT2D eigenvalue weighted by Gasteiger charge is 2.31. The van der Waals surface area contributed by atoms with E-state index in [9.17, 15) is 9.90 Å². The molecule has 4 heteroatoms. The number of aliphatic hydroxyl groups excluding tert-OH is 1. The maximum Gasteiger partial charge on any atom is 0.335 e. The molecule has 0 rings (SSSR count). The molecule has 0 spiro atoms. The maximum atomic E-state index is 11.2. The highest BCUT2D eigenvalue weighted by molar-refractivity contribution is 5.81.